The van der Waals surface area contributed by atoms with Crippen LogP contribution in [-0.2, 0) is 26.7 Å². The van der Waals surface area contributed by atoms with Crippen molar-refractivity contribution in [2.24, 2.45) is 0 Å². The van der Waals surface area contributed by atoms with Gasteiger partial charge in [-0.1, -0.05) is 42.5 Å². The molecule has 0 radical (unpaired) electrons. The number of carbonyl (C=O) groups excluding carboxylic acids is 2. The van der Waals surface area contributed by atoms with Crippen molar-refractivity contribution in [2.45, 2.75) is 43.8 Å². The molecule has 2 amide bonds. The van der Waals surface area contributed by atoms with Crippen molar-refractivity contribution in [3.63, 3.8) is 0 Å². The predicted molar refractivity (Wildman–Crippen MR) is 116 cm³/mol. The fraction of sp³-hybridized carbons (Fsp3) is 0.360. The van der Waals surface area contributed by atoms with E-state index in [0.29, 0.717) is 25.9 Å². The Balaban J connectivity index is 1.52. The molecule has 2 aliphatic heterocycles. The van der Waals surface area contributed by atoms with Crippen LogP contribution in [0.25, 0.3) is 6.08 Å². The van der Waals surface area contributed by atoms with E-state index >= 15 is 0 Å². The number of benzene rings is 2. The van der Waals surface area contributed by atoms with Crippen LogP contribution >= 0.6 is 0 Å². The minimum absolute atomic E-state index is 0.0389. The number of fused-ring (bicyclic) bond motifs is 2. The molecule has 1 saturated heterocycles. The average molecular weight is 442 g/mol. The van der Waals surface area contributed by atoms with Gasteiger partial charge in [-0.3, -0.25) is 9.59 Å². The molecular weight excluding hydrogens is 417 g/mol. The number of rotatable bonds is 2. The number of halogens is 3. The third-order valence-corrected chi connectivity index (χ3v) is 6.58. The number of alkyl halides is 3. The third-order valence-electron chi connectivity index (χ3n) is 6.58. The van der Waals surface area contributed by atoms with Crippen molar-refractivity contribution in [3.05, 3.63) is 76.9 Å². The van der Waals surface area contributed by atoms with Gasteiger partial charge in [0.25, 0.3) is 0 Å². The van der Waals surface area contributed by atoms with Gasteiger partial charge in [0.05, 0.1) is 16.5 Å². The Hall–Kier alpha value is -3.09. The zero-order valence-electron chi connectivity index (χ0n) is 18.0. The highest BCUT2D eigenvalue weighted by Crippen LogP contribution is 2.44. The first kappa shape index (κ1) is 22.1. The second-order valence-corrected chi connectivity index (χ2v) is 8.95. The van der Waals surface area contributed by atoms with Crippen LogP contribution in [0.2, 0.25) is 0 Å². The quantitative estimate of drug-likeness (QED) is 0.689. The highest BCUT2D eigenvalue weighted by molar-refractivity contribution is 5.94. The highest BCUT2D eigenvalue weighted by atomic mass is 19.4. The molecule has 0 unspecified atom stereocenters. The van der Waals surface area contributed by atoms with Crippen molar-refractivity contribution in [1.29, 1.82) is 0 Å². The lowest BCUT2D eigenvalue weighted by molar-refractivity contribution is -0.137. The molecule has 1 spiro atoms. The molecule has 0 aliphatic carbocycles. The highest BCUT2D eigenvalue weighted by Gasteiger charge is 2.50. The van der Waals surface area contributed by atoms with E-state index in [0.717, 1.165) is 17.2 Å². The van der Waals surface area contributed by atoms with Gasteiger partial charge in [0.1, 0.15) is 0 Å². The van der Waals surface area contributed by atoms with E-state index in [9.17, 15) is 22.8 Å². The summed E-state index contributed by atoms with van der Waals surface area (Å²) < 4.78 is 39.5. The Morgan fingerprint density at radius 1 is 1.00 bits per heavy atom. The molecule has 168 valence electrons. The van der Waals surface area contributed by atoms with Gasteiger partial charge in [0, 0.05) is 19.2 Å². The summed E-state index contributed by atoms with van der Waals surface area (Å²) >= 11 is 0. The number of nitrogens with one attached hydrogen (secondary N) is 1. The van der Waals surface area contributed by atoms with Gasteiger partial charge < -0.3 is 10.2 Å². The van der Waals surface area contributed by atoms with E-state index in [1.807, 2.05) is 38.1 Å². The first-order chi connectivity index (χ1) is 15.0. The molecule has 32 heavy (non-hydrogen) atoms. The van der Waals surface area contributed by atoms with E-state index in [1.165, 1.54) is 30.4 Å². The van der Waals surface area contributed by atoms with E-state index in [-0.39, 0.29) is 17.4 Å². The molecule has 0 atom stereocenters. The van der Waals surface area contributed by atoms with Crippen LogP contribution in [0.15, 0.2) is 54.6 Å². The minimum Gasteiger partial charge on any atom is -0.346 e. The van der Waals surface area contributed by atoms with Gasteiger partial charge in [0.15, 0.2) is 0 Å². The molecule has 2 aromatic rings. The van der Waals surface area contributed by atoms with E-state index < -0.39 is 22.7 Å². The summed E-state index contributed by atoms with van der Waals surface area (Å²) in [7, 11) is 0. The Labute approximate surface area is 185 Å². The summed E-state index contributed by atoms with van der Waals surface area (Å²) in [5, 5.41) is 3.12. The van der Waals surface area contributed by atoms with Gasteiger partial charge in [0.2, 0.25) is 11.8 Å². The fourth-order valence-corrected chi connectivity index (χ4v) is 4.81. The number of likely N-dealkylation sites (tertiary alicyclic amines) is 1. The number of piperidine rings is 1. The number of hydrogen-bond donors (Lipinski definition) is 1. The van der Waals surface area contributed by atoms with Crippen molar-refractivity contribution >= 4 is 17.9 Å². The second kappa shape index (κ2) is 7.80. The molecule has 2 heterocycles. The van der Waals surface area contributed by atoms with Crippen LogP contribution in [0.4, 0.5) is 13.2 Å². The van der Waals surface area contributed by atoms with E-state index in [2.05, 4.69) is 5.32 Å². The molecule has 0 aromatic heterocycles. The molecule has 4 nitrogen and oxygen atoms in total. The zero-order valence-corrected chi connectivity index (χ0v) is 18.0. The smallest absolute Gasteiger partial charge is 0.346 e. The molecule has 0 bridgehead atoms. The zero-order chi connectivity index (χ0) is 23.1. The topological polar surface area (TPSA) is 49.4 Å². The molecule has 4 rings (SSSR count). The number of amides is 2. The Bertz CT molecular complexity index is 1080. The van der Waals surface area contributed by atoms with Gasteiger partial charge in [-0.05, 0) is 55.5 Å². The van der Waals surface area contributed by atoms with E-state index in [4.69, 9.17) is 0 Å². The molecule has 7 heteroatoms. The number of hydrogen-bond acceptors (Lipinski definition) is 2. The number of nitrogens with zero attached hydrogens (tertiary/aromatic N) is 1. The van der Waals surface area contributed by atoms with Crippen LogP contribution in [0, 0.1) is 0 Å². The second-order valence-electron chi connectivity index (χ2n) is 8.95. The molecule has 2 aliphatic rings. The lowest BCUT2D eigenvalue weighted by Gasteiger charge is -2.48. The van der Waals surface area contributed by atoms with Crippen molar-refractivity contribution in [2.75, 3.05) is 13.1 Å². The van der Waals surface area contributed by atoms with Crippen molar-refractivity contribution < 1.29 is 22.8 Å². The first-order valence-corrected chi connectivity index (χ1v) is 10.6. The molecular formula is C25H25F3N2O2. The summed E-state index contributed by atoms with van der Waals surface area (Å²) in [4.78, 5) is 27.4. The van der Waals surface area contributed by atoms with Crippen LogP contribution in [0.3, 0.4) is 0 Å². The van der Waals surface area contributed by atoms with Gasteiger partial charge in [-0.15, -0.1) is 0 Å². The Morgan fingerprint density at radius 2 is 1.59 bits per heavy atom. The van der Waals surface area contributed by atoms with Gasteiger partial charge >= 0.3 is 6.18 Å². The fourth-order valence-electron chi connectivity index (χ4n) is 4.81. The monoisotopic (exact) mass is 442 g/mol. The summed E-state index contributed by atoms with van der Waals surface area (Å²) in [5.74, 6) is -0.399. The number of carbonyl (C=O) groups is 2. The SMILES string of the molecule is CC1(C)NC(=O)C2(CCN(C(=O)/C=C/c3ccccc3C(F)(F)F)CC2)c2ccccc21. The summed E-state index contributed by atoms with van der Waals surface area (Å²) in [5.41, 5.74) is 0.0682. The average Bonchev–Trinajstić information content (AvgIpc) is 2.76. The summed E-state index contributed by atoms with van der Waals surface area (Å²) in [6, 6.07) is 13.0. The standard InChI is InChI=1S/C25H25F3N2O2/c1-23(2)19-9-5-6-10-20(19)24(22(32)29-23)13-15-30(16-14-24)21(31)12-11-17-7-3-4-8-18(17)25(26,27)28/h3-12H,13-16H2,1-2H3,(H,29,32)/b12-11+. The first-order valence-electron chi connectivity index (χ1n) is 10.6. The normalized spacial score (nSPS) is 19.7. The lowest BCUT2D eigenvalue weighted by atomic mass is 9.65. The maximum Gasteiger partial charge on any atom is 0.416 e. The van der Waals surface area contributed by atoms with Crippen LogP contribution < -0.4 is 5.32 Å². The maximum atomic E-state index is 13.2. The van der Waals surface area contributed by atoms with Crippen molar-refractivity contribution in [1.82, 2.24) is 10.2 Å². The Morgan fingerprint density at radius 3 is 2.25 bits per heavy atom. The largest absolute Gasteiger partial charge is 0.416 e. The van der Waals surface area contributed by atoms with Crippen LogP contribution in [0.5, 0.6) is 0 Å². The summed E-state index contributed by atoms with van der Waals surface area (Å²) in [6.45, 7) is 4.65. The van der Waals surface area contributed by atoms with Crippen LogP contribution in [0.1, 0.15) is 48.9 Å². The third kappa shape index (κ3) is 3.80. The van der Waals surface area contributed by atoms with Crippen molar-refractivity contribution in [3.8, 4) is 0 Å². The predicted octanol–water partition coefficient (Wildman–Crippen LogP) is 4.64. The molecule has 1 N–H and O–H groups in total. The van der Waals surface area contributed by atoms with E-state index in [1.54, 1.807) is 4.90 Å². The Kier molecular flexibility index (Phi) is 5.39. The molecule has 2 aromatic carbocycles. The molecule has 0 saturated carbocycles. The van der Waals surface area contributed by atoms with Crippen LogP contribution in [-0.4, -0.2) is 29.8 Å². The molecule has 1 fully saturated rings. The maximum absolute atomic E-state index is 13.2. The van der Waals surface area contributed by atoms with Gasteiger partial charge in [-0.25, -0.2) is 0 Å². The van der Waals surface area contributed by atoms with Gasteiger partial charge in [-0.2, -0.15) is 13.2 Å². The lowest BCUT2D eigenvalue weighted by Crippen LogP contribution is -2.60. The summed E-state index contributed by atoms with van der Waals surface area (Å²) in [6.07, 6.45) is -1.17. The minimum atomic E-state index is -4.49.